The van der Waals surface area contributed by atoms with Crippen molar-refractivity contribution >= 4 is 27.5 Å². The van der Waals surface area contributed by atoms with Gasteiger partial charge in [-0.25, -0.2) is 21.6 Å². The number of hydrogen-bond donors (Lipinski definition) is 2. The van der Waals surface area contributed by atoms with Crippen LogP contribution in [0.3, 0.4) is 0 Å². The third-order valence-electron chi connectivity index (χ3n) is 5.96. The first kappa shape index (κ1) is 25.7. The van der Waals surface area contributed by atoms with E-state index < -0.39 is 51.5 Å². The van der Waals surface area contributed by atoms with Crippen LogP contribution in [0.25, 0.3) is 0 Å². The molecule has 34 heavy (non-hydrogen) atoms. The van der Waals surface area contributed by atoms with Gasteiger partial charge in [0.05, 0.1) is 17.1 Å². The molecular formula is C23H26F3N3O4S. The van der Waals surface area contributed by atoms with E-state index in [1.54, 1.807) is 13.8 Å². The van der Waals surface area contributed by atoms with E-state index in [1.807, 2.05) is 5.32 Å². The Morgan fingerprint density at radius 1 is 1.06 bits per heavy atom. The summed E-state index contributed by atoms with van der Waals surface area (Å²) in [6.07, 6.45) is 1.51. The van der Waals surface area contributed by atoms with Crippen molar-refractivity contribution < 1.29 is 31.2 Å². The van der Waals surface area contributed by atoms with Gasteiger partial charge < -0.3 is 10.6 Å². The van der Waals surface area contributed by atoms with Crippen LogP contribution < -0.4 is 10.6 Å². The van der Waals surface area contributed by atoms with Crippen molar-refractivity contribution in [3.63, 3.8) is 0 Å². The van der Waals surface area contributed by atoms with Crippen molar-refractivity contribution in [3.05, 3.63) is 58.4 Å². The standard InChI is InChI=1S/C23H26F3N3O4S/c1-13-6-8-29(9-7-13)34(32,33)19-11-16(10-14(2)15(19)3)23(31)27-12-20(30)28-18-5-4-17(24)21(25)22(18)26/h4-5,10-11,13H,6-9,12H2,1-3H3,(H,27,31)(H,28,30). The van der Waals surface area contributed by atoms with Gasteiger partial charge >= 0.3 is 0 Å². The molecule has 0 aromatic heterocycles. The molecule has 11 heteroatoms. The first-order valence-electron chi connectivity index (χ1n) is 10.7. The van der Waals surface area contributed by atoms with Gasteiger partial charge in [0.25, 0.3) is 5.91 Å². The molecule has 1 fully saturated rings. The quantitative estimate of drug-likeness (QED) is 0.597. The fourth-order valence-corrected chi connectivity index (χ4v) is 5.46. The molecule has 0 spiro atoms. The summed E-state index contributed by atoms with van der Waals surface area (Å²) in [6.45, 7) is 5.62. The molecule has 0 unspecified atom stereocenters. The summed E-state index contributed by atoms with van der Waals surface area (Å²) >= 11 is 0. The summed E-state index contributed by atoms with van der Waals surface area (Å²) in [5.41, 5.74) is 0.582. The van der Waals surface area contributed by atoms with Crippen LogP contribution in [-0.2, 0) is 14.8 Å². The molecule has 1 aliphatic heterocycles. The fourth-order valence-electron chi connectivity index (χ4n) is 3.67. The zero-order chi connectivity index (χ0) is 25.2. The molecule has 1 heterocycles. The molecule has 1 saturated heterocycles. The predicted octanol–water partition coefficient (Wildman–Crippen LogP) is 3.51. The molecule has 0 atom stereocenters. The Labute approximate surface area is 196 Å². The summed E-state index contributed by atoms with van der Waals surface area (Å²) in [4.78, 5) is 24.7. The van der Waals surface area contributed by atoms with E-state index in [4.69, 9.17) is 0 Å². The smallest absolute Gasteiger partial charge is 0.251 e. The number of carbonyl (C=O) groups is 2. The van der Waals surface area contributed by atoms with Crippen LogP contribution >= 0.6 is 0 Å². The van der Waals surface area contributed by atoms with E-state index in [9.17, 15) is 31.2 Å². The number of halogens is 3. The van der Waals surface area contributed by atoms with Gasteiger partial charge in [-0.1, -0.05) is 6.92 Å². The number of nitrogens with zero attached hydrogens (tertiary/aromatic N) is 1. The highest BCUT2D eigenvalue weighted by molar-refractivity contribution is 7.89. The van der Waals surface area contributed by atoms with E-state index in [0.29, 0.717) is 36.2 Å². The van der Waals surface area contributed by atoms with Crippen molar-refractivity contribution in [2.24, 2.45) is 5.92 Å². The molecule has 2 amide bonds. The summed E-state index contributed by atoms with van der Waals surface area (Å²) in [5.74, 6) is -5.84. The second kappa shape index (κ2) is 10.1. The van der Waals surface area contributed by atoms with Crippen molar-refractivity contribution in [3.8, 4) is 0 Å². The maximum absolute atomic E-state index is 13.7. The average Bonchev–Trinajstić information content (AvgIpc) is 2.79. The van der Waals surface area contributed by atoms with E-state index in [0.717, 1.165) is 18.9 Å². The lowest BCUT2D eigenvalue weighted by Gasteiger charge is -2.30. The number of piperidine rings is 1. The minimum atomic E-state index is -3.81. The normalized spacial score (nSPS) is 15.2. The minimum absolute atomic E-state index is 0.0283. The van der Waals surface area contributed by atoms with E-state index >= 15 is 0 Å². The van der Waals surface area contributed by atoms with Crippen molar-refractivity contribution in [2.75, 3.05) is 25.0 Å². The Morgan fingerprint density at radius 3 is 2.35 bits per heavy atom. The first-order chi connectivity index (χ1) is 15.9. The van der Waals surface area contributed by atoms with Crippen LogP contribution in [0.15, 0.2) is 29.2 Å². The van der Waals surface area contributed by atoms with Crippen LogP contribution in [0.5, 0.6) is 0 Å². The van der Waals surface area contributed by atoms with Gasteiger partial charge in [-0.05, 0) is 68.0 Å². The number of anilines is 1. The fraction of sp³-hybridized carbons (Fsp3) is 0.391. The molecule has 0 radical (unpaired) electrons. The molecule has 184 valence electrons. The van der Waals surface area contributed by atoms with Gasteiger partial charge in [0.15, 0.2) is 17.5 Å². The lowest BCUT2D eigenvalue weighted by Crippen LogP contribution is -2.38. The van der Waals surface area contributed by atoms with Crippen LogP contribution in [0, 0.1) is 37.2 Å². The number of amides is 2. The van der Waals surface area contributed by atoms with E-state index in [1.165, 1.54) is 16.4 Å². The number of aryl methyl sites for hydroxylation is 1. The Balaban J connectivity index is 1.73. The van der Waals surface area contributed by atoms with Crippen molar-refractivity contribution in [2.45, 2.75) is 38.5 Å². The average molecular weight is 498 g/mol. The third-order valence-corrected chi connectivity index (χ3v) is 7.99. The molecule has 3 rings (SSSR count). The molecule has 0 aliphatic carbocycles. The molecule has 2 N–H and O–H groups in total. The van der Waals surface area contributed by atoms with E-state index in [2.05, 4.69) is 12.2 Å². The zero-order valence-electron chi connectivity index (χ0n) is 19.0. The summed E-state index contributed by atoms with van der Waals surface area (Å²) in [6, 6.07) is 4.30. The second-order valence-electron chi connectivity index (χ2n) is 8.46. The van der Waals surface area contributed by atoms with Gasteiger partial charge in [0.1, 0.15) is 0 Å². The Morgan fingerprint density at radius 2 is 1.71 bits per heavy atom. The highest BCUT2D eigenvalue weighted by Crippen LogP contribution is 2.28. The lowest BCUT2D eigenvalue weighted by atomic mass is 10.0. The topological polar surface area (TPSA) is 95.6 Å². The maximum atomic E-state index is 13.7. The number of sulfonamides is 1. The van der Waals surface area contributed by atoms with Crippen LogP contribution in [0.1, 0.15) is 41.3 Å². The van der Waals surface area contributed by atoms with Crippen molar-refractivity contribution in [1.29, 1.82) is 0 Å². The molecule has 7 nitrogen and oxygen atoms in total. The first-order valence-corrected chi connectivity index (χ1v) is 12.2. The van der Waals surface area contributed by atoms with Crippen LogP contribution in [0.4, 0.5) is 18.9 Å². The number of nitrogens with one attached hydrogen (secondary N) is 2. The lowest BCUT2D eigenvalue weighted by molar-refractivity contribution is -0.115. The minimum Gasteiger partial charge on any atom is -0.343 e. The van der Waals surface area contributed by atoms with Crippen LogP contribution in [0.2, 0.25) is 0 Å². The summed E-state index contributed by atoms with van der Waals surface area (Å²) < 4.78 is 67.9. The maximum Gasteiger partial charge on any atom is 0.251 e. The largest absolute Gasteiger partial charge is 0.343 e. The summed E-state index contributed by atoms with van der Waals surface area (Å²) in [7, 11) is -3.81. The monoisotopic (exact) mass is 497 g/mol. The molecule has 2 aromatic rings. The molecule has 0 bridgehead atoms. The highest BCUT2D eigenvalue weighted by atomic mass is 32.2. The number of carbonyl (C=O) groups excluding carboxylic acids is 2. The van der Waals surface area contributed by atoms with Gasteiger partial charge in [-0.3, -0.25) is 9.59 Å². The van der Waals surface area contributed by atoms with Gasteiger partial charge in [0.2, 0.25) is 15.9 Å². The van der Waals surface area contributed by atoms with E-state index in [-0.39, 0.29) is 10.5 Å². The number of hydrogen-bond acceptors (Lipinski definition) is 4. The molecule has 0 saturated carbocycles. The van der Waals surface area contributed by atoms with Gasteiger partial charge in [-0.15, -0.1) is 0 Å². The highest BCUT2D eigenvalue weighted by Gasteiger charge is 2.30. The number of rotatable bonds is 6. The SMILES string of the molecule is Cc1cc(C(=O)NCC(=O)Nc2ccc(F)c(F)c2F)cc(S(=O)(=O)N2CCC(C)CC2)c1C. The molecule has 1 aliphatic rings. The van der Waals surface area contributed by atoms with Gasteiger partial charge in [-0.2, -0.15) is 4.31 Å². The Bertz CT molecular complexity index is 1230. The van der Waals surface area contributed by atoms with Crippen LogP contribution in [-0.4, -0.2) is 44.2 Å². The van der Waals surface area contributed by atoms with Gasteiger partial charge in [0, 0.05) is 18.7 Å². The second-order valence-corrected chi connectivity index (χ2v) is 10.4. The third kappa shape index (κ3) is 5.41. The molecular weight excluding hydrogens is 471 g/mol. The number of benzene rings is 2. The predicted molar refractivity (Wildman–Crippen MR) is 120 cm³/mol. The zero-order valence-corrected chi connectivity index (χ0v) is 19.9. The summed E-state index contributed by atoms with van der Waals surface area (Å²) in [5, 5.41) is 4.38. The Kier molecular flexibility index (Phi) is 7.67. The molecule has 2 aromatic carbocycles. The Hall–Kier alpha value is -2.92. The van der Waals surface area contributed by atoms with Crippen molar-refractivity contribution in [1.82, 2.24) is 9.62 Å².